The van der Waals surface area contributed by atoms with Crippen LogP contribution in [0.2, 0.25) is 5.02 Å². The molecule has 1 aromatic heterocycles. The molecular weight excluding hydrogens is 516 g/mol. The van der Waals surface area contributed by atoms with Gasteiger partial charge in [0.25, 0.3) is 0 Å². The second-order valence-corrected chi connectivity index (χ2v) is 12.3. The number of nitriles is 1. The van der Waals surface area contributed by atoms with E-state index in [1.807, 2.05) is 36.4 Å². The third-order valence-electron chi connectivity index (χ3n) is 8.43. The predicted octanol–water partition coefficient (Wildman–Crippen LogP) is 7.75. The monoisotopic (exact) mass is 550 g/mol. The minimum atomic E-state index is 0.319. The average Bonchev–Trinajstić information content (AvgIpc) is 3.43. The van der Waals surface area contributed by atoms with Gasteiger partial charge in [-0.15, -0.1) is 0 Å². The van der Waals surface area contributed by atoms with Crippen molar-refractivity contribution in [2.24, 2.45) is 5.41 Å². The van der Waals surface area contributed by atoms with Gasteiger partial charge in [-0.1, -0.05) is 55.3 Å². The third kappa shape index (κ3) is 5.80. The van der Waals surface area contributed by atoms with Gasteiger partial charge in [0.2, 0.25) is 0 Å². The Balaban J connectivity index is 1.15. The van der Waals surface area contributed by atoms with Crippen molar-refractivity contribution in [3.05, 3.63) is 93.8 Å². The van der Waals surface area contributed by atoms with Crippen molar-refractivity contribution in [1.29, 1.82) is 5.26 Å². The molecule has 1 saturated heterocycles. The quantitative estimate of drug-likeness (QED) is 0.314. The van der Waals surface area contributed by atoms with Crippen LogP contribution in [0.4, 0.5) is 5.69 Å². The van der Waals surface area contributed by atoms with Gasteiger partial charge in [-0.3, -0.25) is 9.88 Å². The fourth-order valence-corrected chi connectivity index (χ4v) is 6.19. The molecule has 0 radical (unpaired) electrons. The molecule has 6 heteroatoms. The van der Waals surface area contributed by atoms with E-state index in [4.69, 9.17) is 16.3 Å². The largest absolute Gasteiger partial charge is 0.454 e. The van der Waals surface area contributed by atoms with Crippen LogP contribution in [0.25, 0.3) is 11.6 Å². The van der Waals surface area contributed by atoms with Crippen molar-refractivity contribution in [3.8, 4) is 17.6 Å². The molecule has 2 aromatic carbocycles. The number of piperazine rings is 1. The fourth-order valence-electron chi connectivity index (χ4n) is 6.07. The zero-order chi connectivity index (χ0) is 27.7. The predicted molar refractivity (Wildman–Crippen MR) is 163 cm³/mol. The van der Waals surface area contributed by atoms with Crippen LogP contribution in [0.15, 0.2) is 66.4 Å². The second-order valence-electron chi connectivity index (χ2n) is 11.9. The molecule has 0 unspecified atom stereocenters. The number of halogens is 1. The van der Waals surface area contributed by atoms with Gasteiger partial charge in [0.1, 0.15) is 17.6 Å². The fraction of sp³-hybridized carbons (Fsp3) is 0.353. The van der Waals surface area contributed by atoms with E-state index in [-0.39, 0.29) is 0 Å². The molecule has 204 valence electrons. The zero-order valence-electron chi connectivity index (χ0n) is 23.3. The lowest BCUT2D eigenvalue weighted by Gasteiger charge is -2.39. The lowest BCUT2D eigenvalue weighted by molar-refractivity contribution is 0.264. The van der Waals surface area contributed by atoms with Gasteiger partial charge >= 0.3 is 0 Å². The van der Waals surface area contributed by atoms with E-state index >= 15 is 0 Å². The van der Waals surface area contributed by atoms with Gasteiger partial charge in [-0.25, -0.2) is 0 Å². The van der Waals surface area contributed by atoms with E-state index in [1.165, 1.54) is 17.6 Å². The van der Waals surface area contributed by atoms with Crippen LogP contribution in [0, 0.1) is 16.7 Å². The minimum absolute atomic E-state index is 0.319. The summed E-state index contributed by atoms with van der Waals surface area (Å²) in [7, 11) is 0. The summed E-state index contributed by atoms with van der Waals surface area (Å²) in [5.41, 5.74) is 8.46. The number of fused-ring (bicyclic) bond motifs is 1. The summed E-state index contributed by atoms with van der Waals surface area (Å²) in [6, 6.07) is 18.6. The highest BCUT2D eigenvalue weighted by molar-refractivity contribution is 6.30. The molecule has 3 aromatic rings. The number of ether oxygens (including phenoxy) is 1. The molecule has 5 nitrogen and oxygen atoms in total. The molecule has 0 atom stereocenters. The smallest absolute Gasteiger partial charge is 0.147 e. The van der Waals surface area contributed by atoms with E-state index in [0.29, 0.717) is 22.5 Å². The Morgan fingerprint density at radius 2 is 1.85 bits per heavy atom. The first-order valence-corrected chi connectivity index (χ1v) is 14.6. The summed E-state index contributed by atoms with van der Waals surface area (Å²) in [6.07, 6.45) is 10.3. The van der Waals surface area contributed by atoms with Gasteiger partial charge < -0.3 is 9.64 Å². The number of allylic oxidation sites excluding steroid dienone is 2. The zero-order valence-corrected chi connectivity index (χ0v) is 24.0. The molecule has 0 amide bonds. The number of aromatic nitrogens is 1. The van der Waals surface area contributed by atoms with Gasteiger partial charge in [0.15, 0.2) is 0 Å². The highest BCUT2D eigenvalue weighted by atomic mass is 35.5. The lowest BCUT2D eigenvalue weighted by atomic mass is 9.72. The van der Waals surface area contributed by atoms with Crippen LogP contribution < -0.4 is 9.64 Å². The molecule has 2 heterocycles. The molecule has 2 aliphatic carbocycles. The van der Waals surface area contributed by atoms with Gasteiger partial charge in [0.05, 0.1) is 17.5 Å². The van der Waals surface area contributed by atoms with Crippen LogP contribution >= 0.6 is 11.6 Å². The number of hydrogen-bond donors (Lipinski definition) is 0. The molecule has 3 aliphatic rings. The Morgan fingerprint density at radius 1 is 1.05 bits per heavy atom. The Bertz CT molecular complexity index is 1510. The van der Waals surface area contributed by atoms with Crippen molar-refractivity contribution >= 4 is 28.9 Å². The molecular formula is C34H35ClN4O. The Labute approximate surface area is 242 Å². The second kappa shape index (κ2) is 11.1. The molecule has 0 spiro atoms. The first kappa shape index (κ1) is 26.6. The van der Waals surface area contributed by atoms with Crippen LogP contribution in [0.1, 0.15) is 55.5 Å². The van der Waals surface area contributed by atoms with E-state index < -0.39 is 0 Å². The molecule has 0 saturated carbocycles. The summed E-state index contributed by atoms with van der Waals surface area (Å²) in [4.78, 5) is 9.50. The van der Waals surface area contributed by atoms with Crippen LogP contribution in [0.3, 0.4) is 0 Å². The number of nitrogens with zero attached hydrogens (tertiary/aromatic N) is 4. The Hall–Kier alpha value is -3.59. The number of rotatable bonds is 6. The maximum atomic E-state index is 9.70. The summed E-state index contributed by atoms with van der Waals surface area (Å²) in [5.74, 6) is 1.23. The van der Waals surface area contributed by atoms with Crippen molar-refractivity contribution < 1.29 is 4.74 Å². The van der Waals surface area contributed by atoms with Crippen molar-refractivity contribution in [3.63, 3.8) is 0 Å². The molecule has 40 heavy (non-hydrogen) atoms. The summed E-state index contributed by atoms with van der Waals surface area (Å²) < 4.78 is 6.19. The Kier molecular flexibility index (Phi) is 7.40. The molecule has 1 fully saturated rings. The third-order valence-corrected chi connectivity index (χ3v) is 8.68. The number of pyridine rings is 1. The standard InChI is InChI=1S/C34H35ClN4O/c1-34(2)13-12-27(31(20-34)24-6-9-28(35)10-7-24)23-38-14-16-39(17-15-38)29-11-8-26(21-36)33(19-29)40-30-18-25-4-3-5-32(25)37-22-30/h3-4,6-11,18-19,22H,5,12-17,20,23H2,1-2H3. The van der Waals surface area contributed by atoms with Crippen LogP contribution in [-0.4, -0.2) is 42.6 Å². The van der Waals surface area contributed by atoms with Crippen molar-refractivity contribution in [1.82, 2.24) is 9.88 Å². The van der Waals surface area contributed by atoms with E-state index in [1.54, 1.807) is 11.8 Å². The molecule has 1 aliphatic heterocycles. The SMILES string of the molecule is CC1(C)CCC(CN2CCN(c3ccc(C#N)c(Oc4cnc5c(c4)C=CC5)c3)CC2)=C(c2ccc(Cl)cc2)C1. The van der Waals surface area contributed by atoms with Crippen molar-refractivity contribution in [2.45, 2.75) is 39.5 Å². The lowest BCUT2D eigenvalue weighted by Crippen LogP contribution is -2.47. The average molecular weight is 551 g/mol. The Morgan fingerprint density at radius 3 is 2.62 bits per heavy atom. The number of benzene rings is 2. The maximum absolute atomic E-state index is 9.70. The topological polar surface area (TPSA) is 52.4 Å². The van der Waals surface area contributed by atoms with Crippen LogP contribution in [0.5, 0.6) is 11.5 Å². The van der Waals surface area contributed by atoms with Gasteiger partial charge in [-0.2, -0.15) is 5.26 Å². The van der Waals surface area contributed by atoms with Crippen LogP contribution in [-0.2, 0) is 6.42 Å². The van der Waals surface area contributed by atoms with E-state index in [2.05, 4.69) is 59.0 Å². The number of anilines is 1. The highest BCUT2D eigenvalue weighted by Gasteiger charge is 2.29. The molecule has 0 N–H and O–H groups in total. The summed E-state index contributed by atoms with van der Waals surface area (Å²) in [5, 5.41) is 10.5. The number of hydrogen-bond acceptors (Lipinski definition) is 5. The highest BCUT2D eigenvalue weighted by Crippen LogP contribution is 2.43. The normalized spacial score (nSPS) is 18.5. The van der Waals surface area contributed by atoms with Crippen molar-refractivity contribution in [2.75, 3.05) is 37.6 Å². The van der Waals surface area contributed by atoms with E-state index in [0.717, 1.165) is 74.0 Å². The maximum Gasteiger partial charge on any atom is 0.147 e. The van der Waals surface area contributed by atoms with E-state index in [9.17, 15) is 5.26 Å². The molecule has 6 rings (SSSR count). The summed E-state index contributed by atoms with van der Waals surface area (Å²) >= 11 is 6.19. The first-order chi connectivity index (χ1) is 19.4. The molecule has 0 bridgehead atoms. The summed E-state index contributed by atoms with van der Waals surface area (Å²) in [6.45, 7) is 9.65. The first-order valence-electron chi connectivity index (χ1n) is 14.2. The van der Waals surface area contributed by atoms with Gasteiger partial charge in [0, 0.05) is 55.9 Å². The minimum Gasteiger partial charge on any atom is -0.454 e. The van der Waals surface area contributed by atoms with Gasteiger partial charge in [-0.05, 0) is 71.7 Å².